The number of halogens is 2. The van der Waals surface area contributed by atoms with Gasteiger partial charge in [-0.3, -0.25) is 9.36 Å². The zero-order valence-electron chi connectivity index (χ0n) is 19.7. The summed E-state index contributed by atoms with van der Waals surface area (Å²) >= 11 is 12.5. The Kier molecular flexibility index (Phi) is 5.26. The first kappa shape index (κ1) is 23.2. The summed E-state index contributed by atoms with van der Waals surface area (Å²) in [6.07, 6.45) is 4.09. The Morgan fingerprint density at radius 1 is 1.14 bits per heavy atom. The van der Waals surface area contributed by atoms with Crippen LogP contribution in [0.1, 0.15) is 66.6 Å². The molecule has 1 aromatic heterocycles. The van der Waals surface area contributed by atoms with Crippen molar-refractivity contribution in [3.63, 3.8) is 0 Å². The monoisotopic (exact) mass is 522 g/mol. The SMILES string of the molecule is Cc1c(-n2c(O)c3n(c2=O)[C@H]2C[C@@H]3N(C(=O)C3(c4ccc(Cl)cc4)CCCC3)C2)ccc(C#N)c1Cl. The van der Waals surface area contributed by atoms with E-state index in [0.29, 0.717) is 40.5 Å². The van der Waals surface area contributed by atoms with Gasteiger partial charge in [-0.05, 0) is 61.6 Å². The molecule has 0 unspecified atom stereocenters. The topological polar surface area (TPSA) is 91.3 Å². The molecular weight excluding hydrogens is 499 g/mol. The van der Waals surface area contributed by atoms with Crippen molar-refractivity contribution < 1.29 is 9.90 Å². The van der Waals surface area contributed by atoms with Gasteiger partial charge < -0.3 is 10.0 Å². The van der Waals surface area contributed by atoms with E-state index in [1.165, 1.54) is 4.57 Å². The van der Waals surface area contributed by atoms with Gasteiger partial charge in [-0.25, -0.2) is 9.36 Å². The molecule has 6 rings (SSSR count). The normalized spacial score (nSPS) is 21.6. The number of hydrogen-bond donors (Lipinski definition) is 1. The van der Waals surface area contributed by atoms with E-state index in [2.05, 4.69) is 0 Å². The van der Waals surface area contributed by atoms with E-state index in [0.717, 1.165) is 31.2 Å². The standard InChI is InChI=1S/C27H24Cl2N4O3/c1-15-20(9-4-16(13-30)22(15)29)33-24(34)23-21-12-19(32(23)26(33)36)14-31(21)25(35)27(10-2-3-11-27)17-5-7-18(28)8-6-17/h4-9,19,21,34H,2-3,10-12,14H2,1H3/t19-,21-/m0/s1. The van der Waals surface area contributed by atoms with Crippen LogP contribution in [-0.2, 0) is 10.2 Å². The number of fused-ring (bicyclic) bond motifs is 5. The van der Waals surface area contributed by atoms with Crippen LogP contribution in [0.5, 0.6) is 5.88 Å². The van der Waals surface area contributed by atoms with Crippen LogP contribution in [0.2, 0.25) is 10.0 Å². The van der Waals surface area contributed by atoms with Crippen LogP contribution in [0.25, 0.3) is 5.69 Å². The number of carbonyl (C=O) groups excluding carboxylic acids is 1. The number of nitrogens with zero attached hydrogens (tertiary/aromatic N) is 4. The first-order chi connectivity index (χ1) is 17.3. The van der Waals surface area contributed by atoms with Gasteiger partial charge in [-0.2, -0.15) is 5.26 Å². The van der Waals surface area contributed by atoms with Crippen LogP contribution in [0.3, 0.4) is 0 Å². The largest absolute Gasteiger partial charge is 0.493 e. The molecule has 2 atom stereocenters. The maximum absolute atomic E-state index is 14.2. The first-order valence-corrected chi connectivity index (χ1v) is 12.9. The highest BCUT2D eigenvalue weighted by Gasteiger charge is 2.54. The van der Waals surface area contributed by atoms with Crippen molar-refractivity contribution in [2.24, 2.45) is 0 Å². The van der Waals surface area contributed by atoms with Crippen molar-refractivity contribution in [2.75, 3.05) is 6.54 Å². The van der Waals surface area contributed by atoms with Gasteiger partial charge in [0.15, 0.2) is 0 Å². The highest BCUT2D eigenvalue weighted by molar-refractivity contribution is 6.32. The number of rotatable bonds is 3. The minimum atomic E-state index is -0.615. The van der Waals surface area contributed by atoms with Crippen molar-refractivity contribution in [1.82, 2.24) is 14.0 Å². The summed E-state index contributed by atoms with van der Waals surface area (Å²) in [6, 6.07) is 12.2. The van der Waals surface area contributed by atoms with E-state index in [-0.39, 0.29) is 34.6 Å². The molecule has 36 heavy (non-hydrogen) atoms. The van der Waals surface area contributed by atoms with Gasteiger partial charge in [0.2, 0.25) is 11.8 Å². The smallest absolute Gasteiger partial charge is 0.336 e. The zero-order valence-corrected chi connectivity index (χ0v) is 21.2. The highest BCUT2D eigenvalue weighted by atomic mass is 35.5. The van der Waals surface area contributed by atoms with Crippen LogP contribution in [0, 0.1) is 18.3 Å². The molecule has 1 aliphatic carbocycles. The fraction of sp³-hybridized carbons (Fsp3) is 0.370. The second kappa shape index (κ2) is 8.16. The van der Waals surface area contributed by atoms with Crippen molar-refractivity contribution in [1.29, 1.82) is 5.26 Å². The fourth-order valence-corrected chi connectivity index (χ4v) is 6.87. The molecule has 1 amide bonds. The summed E-state index contributed by atoms with van der Waals surface area (Å²) in [5.74, 6) is -0.126. The number of carbonyl (C=O) groups is 1. The fourth-order valence-electron chi connectivity index (χ4n) is 6.54. The predicted molar refractivity (Wildman–Crippen MR) is 136 cm³/mol. The summed E-state index contributed by atoms with van der Waals surface area (Å²) in [5, 5.41) is 21.5. The molecule has 2 aliphatic heterocycles. The summed E-state index contributed by atoms with van der Waals surface area (Å²) in [5.41, 5.74) is 1.72. The zero-order chi connectivity index (χ0) is 25.4. The summed E-state index contributed by atoms with van der Waals surface area (Å²) in [7, 11) is 0. The number of amides is 1. The van der Waals surface area contributed by atoms with Gasteiger partial charge >= 0.3 is 5.69 Å². The van der Waals surface area contributed by atoms with Crippen LogP contribution < -0.4 is 5.69 Å². The lowest BCUT2D eigenvalue weighted by molar-refractivity contribution is -0.139. The number of benzene rings is 2. The molecule has 2 fully saturated rings. The molecule has 0 radical (unpaired) electrons. The Balaban J connectivity index is 1.42. The Morgan fingerprint density at radius 3 is 2.50 bits per heavy atom. The predicted octanol–water partition coefficient (Wildman–Crippen LogP) is 5.17. The van der Waals surface area contributed by atoms with E-state index >= 15 is 0 Å². The van der Waals surface area contributed by atoms with Crippen molar-refractivity contribution in [3.05, 3.63) is 79.3 Å². The Labute approximate surface area is 218 Å². The van der Waals surface area contributed by atoms with Crippen LogP contribution in [0.4, 0.5) is 0 Å². The number of aromatic hydroxyl groups is 1. The van der Waals surface area contributed by atoms with Gasteiger partial charge in [0.25, 0.3) is 0 Å². The number of imidazole rings is 1. The molecule has 1 saturated heterocycles. The minimum Gasteiger partial charge on any atom is -0.493 e. The quantitative estimate of drug-likeness (QED) is 0.513. The maximum atomic E-state index is 14.2. The number of hydrogen-bond acceptors (Lipinski definition) is 4. The second-order valence-corrected chi connectivity index (χ2v) is 10.9. The lowest BCUT2D eigenvalue weighted by Crippen LogP contribution is -2.47. The summed E-state index contributed by atoms with van der Waals surface area (Å²) < 4.78 is 2.87. The average Bonchev–Trinajstić information content (AvgIpc) is 3.65. The Morgan fingerprint density at radius 2 is 1.83 bits per heavy atom. The third-order valence-corrected chi connectivity index (χ3v) is 9.04. The average molecular weight is 523 g/mol. The third-order valence-electron chi connectivity index (χ3n) is 8.30. The van der Waals surface area contributed by atoms with E-state index in [9.17, 15) is 20.0 Å². The van der Waals surface area contributed by atoms with Crippen LogP contribution in [0.15, 0.2) is 41.2 Å². The molecule has 9 heteroatoms. The molecule has 0 spiro atoms. The Bertz CT molecular complexity index is 1510. The number of aromatic nitrogens is 2. The lowest BCUT2D eigenvalue weighted by Gasteiger charge is -2.37. The molecule has 3 aliphatic rings. The van der Waals surface area contributed by atoms with E-state index < -0.39 is 5.41 Å². The van der Waals surface area contributed by atoms with E-state index in [1.54, 1.807) is 23.6 Å². The molecule has 184 valence electrons. The molecule has 2 bridgehead atoms. The molecule has 3 heterocycles. The molecule has 7 nitrogen and oxygen atoms in total. The van der Waals surface area contributed by atoms with Crippen molar-refractivity contribution in [3.8, 4) is 17.6 Å². The van der Waals surface area contributed by atoms with E-state index in [4.69, 9.17) is 23.2 Å². The highest BCUT2D eigenvalue weighted by Crippen LogP contribution is 2.52. The Hall–Kier alpha value is -3.21. The van der Waals surface area contributed by atoms with Crippen molar-refractivity contribution >= 4 is 29.1 Å². The van der Waals surface area contributed by atoms with Gasteiger partial charge in [-0.1, -0.05) is 48.2 Å². The summed E-state index contributed by atoms with van der Waals surface area (Å²) in [6.45, 7) is 2.15. The summed E-state index contributed by atoms with van der Waals surface area (Å²) in [4.78, 5) is 29.5. The van der Waals surface area contributed by atoms with Gasteiger partial charge in [-0.15, -0.1) is 0 Å². The van der Waals surface area contributed by atoms with Gasteiger partial charge in [0, 0.05) is 11.6 Å². The van der Waals surface area contributed by atoms with Gasteiger partial charge in [0.1, 0.15) is 11.8 Å². The number of likely N-dealkylation sites (tertiary alicyclic amines) is 1. The van der Waals surface area contributed by atoms with Crippen molar-refractivity contribution in [2.45, 2.75) is 56.5 Å². The van der Waals surface area contributed by atoms with Crippen LogP contribution in [-0.4, -0.2) is 31.6 Å². The van der Waals surface area contributed by atoms with Gasteiger partial charge in [0.05, 0.1) is 33.8 Å². The molecule has 2 aromatic carbocycles. The second-order valence-electron chi connectivity index (χ2n) is 10.0. The number of nitriles is 1. The molecule has 1 N–H and O–H groups in total. The molecule has 3 aromatic rings. The minimum absolute atomic E-state index is 0.0540. The van der Waals surface area contributed by atoms with Crippen LogP contribution >= 0.6 is 23.2 Å². The molecule has 1 saturated carbocycles. The lowest BCUT2D eigenvalue weighted by atomic mass is 9.77. The maximum Gasteiger partial charge on any atom is 0.336 e. The first-order valence-electron chi connectivity index (χ1n) is 12.1. The third kappa shape index (κ3) is 3.04. The van der Waals surface area contributed by atoms with E-state index in [1.807, 2.05) is 35.2 Å². The molecular formula is C27H24Cl2N4O3.